The van der Waals surface area contributed by atoms with Gasteiger partial charge in [-0.1, -0.05) is 18.2 Å². The summed E-state index contributed by atoms with van der Waals surface area (Å²) in [5, 5.41) is 10.0. The first-order chi connectivity index (χ1) is 12.6. The van der Waals surface area contributed by atoms with Gasteiger partial charge in [-0.25, -0.2) is 9.67 Å². The van der Waals surface area contributed by atoms with E-state index in [2.05, 4.69) is 20.3 Å². The third kappa shape index (κ3) is 3.05. The fourth-order valence-electron chi connectivity index (χ4n) is 3.36. The van der Waals surface area contributed by atoms with Crippen molar-refractivity contribution >= 4 is 5.91 Å². The number of nitrogens with one attached hydrogen (secondary N) is 2. The van der Waals surface area contributed by atoms with Crippen molar-refractivity contribution in [1.29, 1.82) is 0 Å². The van der Waals surface area contributed by atoms with Gasteiger partial charge < -0.3 is 4.90 Å². The molecular weight excluding hydrogens is 332 g/mol. The minimum atomic E-state index is -0.252. The van der Waals surface area contributed by atoms with Crippen LogP contribution in [-0.4, -0.2) is 48.9 Å². The number of rotatable bonds is 3. The molecule has 2 N–H and O–H groups in total. The Kier molecular flexibility index (Phi) is 4.16. The molecular formula is C18H20N6O2. The Labute approximate surface area is 149 Å². The molecule has 134 valence electrons. The number of aromatic amines is 2. The lowest BCUT2D eigenvalue weighted by Crippen LogP contribution is -2.39. The average molecular weight is 352 g/mol. The topological polar surface area (TPSA) is 99.7 Å². The van der Waals surface area contributed by atoms with Crippen LogP contribution < -0.4 is 5.56 Å². The van der Waals surface area contributed by atoms with Gasteiger partial charge >= 0.3 is 0 Å². The van der Waals surface area contributed by atoms with E-state index in [4.69, 9.17) is 0 Å². The van der Waals surface area contributed by atoms with Crippen LogP contribution in [0.15, 0.2) is 41.2 Å². The van der Waals surface area contributed by atoms with Crippen molar-refractivity contribution in [2.45, 2.75) is 25.7 Å². The molecule has 26 heavy (non-hydrogen) atoms. The van der Waals surface area contributed by atoms with E-state index in [-0.39, 0.29) is 17.4 Å². The molecule has 1 aromatic carbocycles. The number of hydrogen-bond acceptors (Lipinski definition) is 4. The summed E-state index contributed by atoms with van der Waals surface area (Å²) >= 11 is 0. The Balaban J connectivity index is 1.55. The molecule has 0 unspecified atom stereocenters. The molecule has 0 radical (unpaired) electrons. The molecule has 3 heterocycles. The number of carbonyl (C=O) groups excluding carboxylic acids is 1. The number of likely N-dealkylation sites (tertiary alicyclic amines) is 1. The summed E-state index contributed by atoms with van der Waals surface area (Å²) in [6.07, 6.45) is 1.83. The van der Waals surface area contributed by atoms with Crippen molar-refractivity contribution in [3.8, 4) is 5.69 Å². The van der Waals surface area contributed by atoms with Crippen molar-refractivity contribution in [3.05, 3.63) is 64.1 Å². The number of para-hydroxylation sites is 1. The first-order valence-corrected chi connectivity index (χ1v) is 8.67. The van der Waals surface area contributed by atoms with Gasteiger partial charge in [-0.2, -0.15) is 5.10 Å². The second-order valence-corrected chi connectivity index (χ2v) is 6.55. The van der Waals surface area contributed by atoms with Gasteiger partial charge in [-0.05, 0) is 31.9 Å². The van der Waals surface area contributed by atoms with E-state index in [0.717, 1.165) is 24.5 Å². The second kappa shape index (κ2) is 6.62. The van der Waals surface area contributed by atoms with E-state index in [0.29, 0.717) is 24.5 Å². The quantitative estimate of drug-likeness (QED) is 0.748. The standard InChI is InChI=1S/C18H20N6O2/c1-12-19-17(21-20-12)13-6-5-9-23(11-13)18(26)15-10-16(25)24(22-15)14-7-3-2-4-8-14/h2-4,7-8,10,13,22H,5-6,9,11H2,1H3,(H,19,20,21)/t13-/m0/s1. The van der Waals surface area contributed by atoms with Crippen molar-refractivity contribution in [3.63, 3.8) is 0 Å². The minimum Gasteiger partial charge on any atom is -0.337 e. The SMILES string of the molecule is Cc1nc([C@H]2CCCN(C(=O)c3cc(=O)n(-c4ccccc4)[nH]3)C2)n[nH]1. The highest BCUT2D eigenvalue weighted by Gasteiger charge is 2.28. The van der Waals surface area contributed by atoms with Crippen molar-refractivity contribution in [1.82, 2.24) is 29.9 Å². The van der Waals surface area contributed by atoms with Crippen molar-refractivity contribution < 1.29 is 4.79 Å². The minimum absolute atomic E-state index is 0.112. The predicted molar refractivity (Wildman–Crippen MR) is 95.4 cm³/mol. The van der Waals surface area contributed by atoms with E-state index in [1.54, 1.807) is 4.90 Å². The van der Waals surface area contributed by atoms with Crippen LogP contribution in [0.1, 0.15) is 40.9 Å². The summed E-state index contributed by atoms with van der Waals surface area (Å²) in [4.78, 5) is 31.3. The lowest BCUT2D eigenvalue weighted by Gasteiger charge is -2.31. The summed E-state index contributed by atoms with van der Waals surface area (Å²) in [6, 6.07) is 10.6. The number of piperidine rings is 1. The van der Waals surface area contributed by atoms with Crippen LogP contribution in [0, 0.1) is 6.92 Å². The van der Waals surface area contributed by atoms with Crippen LogP contribution in [0.5, 0.6) is 0 Å². The second-order valence-electron chi connectivity index (χ2n) is 6.55. The molecule has 2 aromatic heterocycles. The van der Waals surface area contributed by atoms with E-state index in [1.807, 2.05) is 37.3 Å². The number of carbonyl (C=O) groups is 1. The lowest BCUT2D eigenvalue weighted by molar-refractivity contribution is 0.0698. The zero-order chi connectivity index (χ0) is 18.1. The maximum atomic E-state index is 12.9. The van der Waals surface area contributed by atoms with E-state index >= 15 is 0 Å². The van der Waals surface area contributed by atoms with Gasteiger partial charge in [0.05, 0.1) is 5.69 Å². The summed E-state index contributed by atoms with van der Waals surface area (Å²) in [5.74, 6) is 1.46. The number of nitrogens with zero attached hydrogens (tertiary/aromatic N) is 4. The van der Waals surface area contributed by atoms with Gasteiger partial charge in [0.25, 0.3) is 11.5 Å². The third-order valence-electron chi connectivity index (χ3n) is 4.65. The number of hydrogen-bond donors (Lipinski definition) is 2. The highest BCUT2D eigenvalue weighted by atomic mass is 16.2. The van der Waals surface area contributed by atoms with Crippen LogP contribution in [0.2, 0.25) is 0 Å². The molecule has 4 rings (SSSR count). The zero-order valence-electron chi connectivity index (χ0n) is 14.5. The normalized spacial score (nSPS) is 17.4. The summed E-state index contributed by atoms with van der Waals surface area (Å²) in [6.45, 7) is 3.07. The molecule has 0 bridgehead atoms. The van der Waals surface area contributed by atoms with Crippen LogP contribution in [0.4, 0.5) is 0 Å². The summed E-state index contributed by atoms with van der Waals surface area (Å²) < 4.78 is 1.38. The smallest absolute Gasteiger partial charge is 0.271 e. The Hall–Kier alpha value is -3.16. The van der Waals surface area contributed by atoms with Crippen LogP contribution in [0.25, 0.3) is 5.69 Å². The Morgan fingerprint density at radius 2 is 2.08 bits per heavy atom. The van der Waals surface area contributed by atoms with Crippen LogP contribution >= 0.6 is 0 Å². The summed E-state index contributed by atoms with van der Waals surface area (Å²) in [7, 11) is 0. The molecule has 8 nitrogen and oxygen atoms in total. The molecule has 0 saturated carbocycles. The number of benzene rings is 1. The Bertz CT molecular complexity index is 971. The maximum Gasteiger partial charge on any atom is 0.271 e. The predicted octanol–water partition coefficient (Wildman–Crippen LogP) is 1.61. The molecule has 1 amide bonds. The van der Waals surface area contributed by atoms with Gasteiger partial charge in [0.1, 0.15) is 11.5 Å². The Morgan fingerprint density at radius 3 is 2.81 bits per heavy atom. The van der Waals surface area contributed by atoms with Crippen LogP contribution in [-0.2, 0) is 0 Å². The van der Waals surface area contributed by atoms with Crippen LogP contribution in [0.3, 0.4) is 0 Å². The van der Waals surface area contributed by atoms with Crippen molar-refractivity contribution in [2.75, 3.05) is 13.1 Å². The molecule has 1 aliphatic heterocycles. The highest BCUT2D eigenvalue weighted by molar-refractivity contribution is 5.92. The zero-order valence-corrected chi connectivity index (χ0v) is 14.5. The third-order valence-corrected chi connectivity index (χ3v) is 4.65. The first-order valence-electron chi connectivity index (χ1n) is 8.67. The molecule has 1 atom stereocenters. The van der Waals surface area contributed by atoms with Gasteiger partial charge in [0, 0.05) is 25.1 Å². The molecule has 0 spiro atoms. The van der Waals surface area contributed by atoms with Gasteiger partial charge in [-0.3, -0.25) is 19.8 Å². The fourth-order valence-corrected chi connectivity index (χ4v) is 3.36. The van der Waals surface area contributed by atoms with Crippen molar-refractivity contribution in [2.24, 2.45) is 0 Å². The largest absolute Gasteiger partial charge is 0.337 e. The average Bonchev–Trinajstić information content (AvgIpc) is 3.28. The lowest BCUT2D eigenvalue weighted by atomic mass is 9.97. The monoisotopic (exact) mass is 352 g/mol. The maximum absolute atomic E-state index is 12.9. The molecule has 0 aliphatic carbocycles. The number of aryl methyl sites for hydroxylation is 1. The number of amides is 1. The Morgan fingerprint density at radius 1 is 1.27 bits per heavy atom. The van der Waals surface area contributed by atoms with Gasteiger partial charge in [-0.15, -0.1) is 0 Å². The molecule has 8 heteroatoms. The van der Waals surface area contributed by atoms with Gasteiger partial charge in [0.2, 0.25) is 0 Å². The summed E-state index contributed by atoms with van der Waals surface area (Å²) in [5.41, 5.74) is 0.743. The van der Waals surface area contributed by atoms with E-state index in [9.17, 15) is 9.59 Å². The molecule has 1 aliphatic rings. The number of H-pyrrole nitrogens is 2. The molecule has 3 aromatic rings. The van der Waals surface area contributed by atoms with Gasteiger partial charge in [0.15, 0.2) is 5.82 Å². The molecule has 1 saturated heterocycles. The first kappa shape index (κ1) is 16.3. The van der Waals surface area contributed by atoms with E-state index < -0.39 is 0 Å². The molecule has 1 fully saturated rings. The fraction of sp³-hybridized carbons (Fsp3) is 0.333. The van der Waals surface area contributed by atoms with E-state index in [1.165, 1.54) is 10.7 Å². The number of aromatic nitrogens is 5. The highest BCUT2D eigenvalue weighted by Crippen LogP contribution is 2.25.